The topological polar surface area (TPSA) is 26.3 Å². The first-order valence-electron chi connectivity index (χ1n) is 4.09. The molecule has 0 heterocycles. The summed E-state index contributed by atoms with van der Waals surface area (Å²) < 4.78 is 18.1. The van der Waals surface area contributed by atoms with Gasteiger partial charge in [-0.2, -0.15) is 0 Å². The van der Waals surface area contributed by atoms with Crippen LogP contribution in [-0.2, 0) is 10.5 Å². The monoisotopic (exact) mass is 214 g/mol. The molecule has 0 fully saturated rings. The van der Waals surface area contributed by atoms with Gasteiger partial charge in [-0.3, -0.25) is 4.79 Å². The highest BCUT2D eigenvalue weighted by atomic mass is 32.2. The molecule has 0 saturated carbocycles. The molecule has 0 N–H and O–H groups in total. The maximum atomic E-state index is 13.2. The van der Waals surface area contributed by atoms with Crippen molar-refractivity contribution in [1.29, 1.82) is 0 Å². The van der Waals surface area contributed by atoms with Crippen molar-refractivity contribution in [3.8, 4) is 5.75 Å². The molecule has 0 amide bonds. The molecule has 0 aliphatic heterocycles. The van der Waals surface area contributed by atoms with Crippen LogP contribution in [0.1, 0.15) is 12.5 Å². The van der Waals surface area contributed by atoms with Crippen LogP contribution in [-0.4, -0.2) is 12.2 Å². The number of rotatable bonds is 3. The van der Waals surface area contributed by atoms with Gasteiger partial charge in [-0.15, -0.1) is 0 Å². The van der Waals surface area contributed by atoms with Gasteiger partial charge in [0, 0.05) is 18.2 Å². The van der Waals surface area contributed by atoms with Crippen molar-refractivity contribution in [2.75, 3.05) is 7.11 Å². The number of hydrogen-bond acceptors (Lipinski definition) is 3. The van der Waals surface area contributed by atoms with Crippen molar-refractivity contribution in [3.63, 3.8) is 0 Å². The third-order valence-electron chi connectivity index (χ3n) is 1.68. The predicted molar refractivity (Wildman–Crippen MR) is 54.9 cm³/mol. The Morgan fingerprint density at radius 1 is 1.57 bits per heavy atom. The molecule has 0 radical (unpaired) electrons. The van der Waals surface area contributed by atoms with Gasteiger partial charge in [0.25, 0.3) is 0 Å². The number of halogens is 1. The van der Waals surface area contributed by atoms with Crippen LogP contribution >= 0.6 is 11.8 Å². The molecule has 0 spiro atoms. The molecular formula is C10H11FO2S. The van der Waals surface area contributed by atoms with Crippen LogP contribution in [0.3, 0.4) is 0 Å². The highest BCUT2D eigenvalue weighted by Gasteiger charge is 2.05. The molecule has 1 aromatic rings. The van der Waals surface area contributed by atoms with Crippen LogP contribution in [0.5, 0.6) is 5.75 Å². The molecule has 76 valence electrons. The van der Waals surface area contributed by atoms with E-state index in [0.717, 1.165) is 11.8 Å². The molecule has 14 heavy (non-hydrogen) atoms. The number of thioether (sulfide) groups is 1. The van der Waals surface area contributed by atoms with E-state index >= 15 is 0 Å². The molecule has 2 nitrogen and oxygen atoms in total. The maximum absolute atomic E-state index is 13.2. The predicted octanol–water partition coefficient (Wildman–Crippen LogP) is 2.61. The maximum Gasteiger partial charge on any atom is 0.186 e. The molecule has 0 aromatic heterocycles. The number of hydrogen-bond donors (Lipinski definition) is 0. The fraction of sp³-hybridized carbons (Fsp3) is 0.300. The van der Waals surface area contributed by atoms with Crippen LogP contribution in [0.15, 0.2) is 18.2 Å². The second-order valence-electron chi connectivity index (χ2n) is 2.74. The quantitative estimate of drug-likeness (QED) is 0.773. The summed E-state index contributed by atoms with van der Waals surface area (Å²) in [7, 11) is 1.52. The van der Waals surface area contributed by atoms with E-state index in [0.29, 0.717) is 17.1 Å². The summed E-state index contributed by atoms with van der Waals surface area (Å²) in [6.45, 7) is 1.46. The van der Waals surface area contributed by atoms with Gasteiger partial charge < -0.3 is 4.74 Å². The Labute approximate surface area is 86.5 Å². The molecule has 0 atom stereocenters. The van der Waals surface area contributed by atoms with E-state index in [1.807, 2.05) is 0 Å². The first-order valence-corrected chi connectivity index (χ1v) is 5.08. The first kappa shape index (κ1) is 11.0. The Morgan fingerprint density at radius 2 is 2.29 bits per heavy atom. The van der Waals surface area contributed by atoms with Crippen LogP contribution < -0.4 is 4.74 Å². The van der Waals surface area contributed by atoms with Crippen molar-refractivity contribution in [2.24, 2.45) is 0 Å². The van der Waals surface area contributed by atoms with Gasteiger partial charge in [0.2, 0.25) is 0 Å². The Hall–Kier alpha value is -1.03. The third-order valence-corrected chi connectivity index (χ3v) is 2.55. The number of ether oxygens (including phenoxy) is 1. The Balaban J connectivity index is 2.78. The zero-order valence-electron chi connectivity index (χ0n) is 8.04. The molecule has 1 rings (SSSR count). The summed E-state index contributed by atoms with van der Waals surface area (Å²) in [5.41, 5.74) is 0.490. The van der Waals surface area contributed by atoms with E-state index < -0.39 is 0 Å². The van der Waals surface area contributed by atoms with E-state index in [1.165, 1.54) is 20.1 Å². The van der Waals surface area contributed by atoms with Gasteiger partial charge in [0.15, 0.2) is 5.12 Å². The Morgan fingerprint density at radius 3 is 2.86 bits per heavy atom. The minimum Gasteiger partial charge on any atom is -0.497 e. The van der Waals surface area contributed by atoms with Crippen LogP contribution in [0.2, 0.25) is 0 Å². The molecule has 0 saturated heterocycles. The molecule has 0 bridgehead atoms. The average molecular weight is 214 g/mol. The lowest BCUT2D eigenvalue weighted by atomic mass is 10.2. The van der Waals surface area contributed by atoms with Gasteiger partial charge in [-0.05, 0) is 18.2 Å². The average Bonchev–Trinajstić information content (AvgIpc) is 2.16. The van der Waals surface area contributed by atoms with Crippen molar-refractivity contribution >= 4 is 16.9 Å². The highest BCUT2D eigenvalue weighted by Crippen LogP contribution is 2.21. The normalized spacial score (nSPS) is 9.93. The summed E-state index contributed by atoms with van der Waals surface area (Å²) in [5.74, 6) is 0.642. The molecule has 0 unspecified atom stereocenters. The fourth-order valence-electron chi connectivity index (χ4n) is 0.968. The zero-order valence-corrected chi connectivity index (χ0v) is 8.86. The van der Waals surface area contributed by atoms with Gasteiger partial charge in [0.1, 0.15) is 11.6 Å². The molecule has 0 aliphatic carbocycles. The molecule has 4 heteroatoms. The van der Waals surface area contributed by atoms with Crippen LogP contribution in [0, 0.1) is 5.82 Å². The SMILES string of the molecule is COc1ccc(F)c(CSC(C)=O)c1. The summed E-state index contributed by atoms with van der Waals surface area (Å²) >= 11 is 1.08. The lowest BCUT2D eigenvalue weighted by Gasteiger charge is -2.04. The Kier molecular flexibility index (Phi) is 3.95. The highest BCUT2D eigenvalue weighted by molar-refractivity contribution is 8.12. The Bertz CT molecular complexity index is 339. The third kappa shape index (κ3) is 3.03. The number of benzene rings is 1. The summed E-state index contributed by atoms with van der Waals surface area (Å²) in [5, 5.41) is -0.0211. The van der Waals surface area contributed by atoms with Gasteiger partial charge in [-0.25, -0.2) is 4.39 Å². The van der Waals surface area contributed by atoms with Crippen LogP contribution in [0.4, 0.5) is 4.39 Å². The minimum absolute atomic E-state index is 0.0211. The second-order valence-corrected chi connectivity index (χ2v) is 3.89. The summed E-state index contributed by atoms with van der Waals surface area (Å²) in [6, 6.07) is 4.50. The summed E-state index contributed by atoms with van der Waals surface area (Å²) in [6.07, 6.45) is 0. The zero-order chi connectivity index (χ0) is 10.6. The van der Waals surface area contributed by atoms with E-state index in [9.17, 15) is 9.18 Å². The van der Waals surface area contributed by atoms with E-state index in [-0.39, 0.29) is 10.9 Å². The van der Waals surface area contributed by atoms with Crippen molar-refractivity contribution in [2.45, 2.75) is 12.7 Å². The van der Waals surface area contributed by atoms with Gasteiger partial charge in [-0.1, -0.05) is 11.8 Å². The number of methoxy groups -OCH3 is 1. The van der Waals surface area contributed by atoms with E-state index in [1.54, 1.807) is 12.1 Å². The molecular weight excluding hydrogens is 203 g/mol. The minimum atomic E-state index is -0.306. The lowest BCUT2D eigenvalue weighted by Crippen LogP contribution is -1.92. The number of carbonyl (C=O) groups is 1. The van der Waals surface area contributed by atoms with Crippen molar-refractivity contribution < 1.29 is 13.9 Å². The van der Waals surface area contributed by atoms with Gasteiger partial charge in [0.05, 0.1) is 7.11 Å². The summed E-state index contributed by atoms with van der Waals surface area (Å²) in [4.78, 5) is 10.7. The fourth-order valence-corrected chi connectivity index (χ4v) is 1.55. The van der Waals surface area contributed by atoms with Gasteiger partial charge >= 0.3 is 0 Å². The first-order chi connectivity index (χ1) is 6.63. The van der Waals surface area contributed by atoms with Crippen molar-refractivity contribution in [1.82, 2.24) is 0 Å². The smallest absolute Gasteiger partial charge is 0.186 e. The second kappa shape index (κ2) is 5.00. The molecule has 0 aliphatic rings. The van der Waals surface area contributed by atoms with Crippen molar-refractivity contribution in [3.05, 3.63) is 29.6 Å². The number of carbonyl (C=O) groups excluding carboxylic acids is 1. The van der Waals surface area contributed by atoms with E-state index in [4.69, 9.17) is 4.74 Å². The lowest BCUT2D eigenvalue weighted by molar-refractivity contribution is -0.109. The standard InChI is InChI=1S/C10H11FO2S/c1-7(12)14-6-8-5-9(13-2)3-4-10(8)11/h3-5H,6H2,1-2H3. The van der Waals surface area contributed by atoms with Crippen LogP contribution in [0.25, 0.3) is 0 Å². The largest absolute Gasteiger partial charge is 0.497 e. The van der Waals surface area contributed by atoms with E-state index in [2.05, 4.69) is 0 Å². The molecule has 1 aromatic carbocycles.